The molecule has 1 aliphatic heterocycles. The molecule has 2 aromatic carbocycles. The molecule has 21 heavy (non-hydrogen) atoms. The zero-order chi connectivity index (χ0) is 14.8. The summed E-state index contributed by atoms with van der Waals surface area (Å²) >= 11 is 3.56. The topological polar surface area (TPSA) is 21.3 Å². The highest BCUT2D eigenvalue weighted by molar-refractivity contribution is 9.10. The van der Waals surface area contributed by atoms with Crippen molar-refractivity contribution in [2.75, 3.05) is 11.9 Å². The molecule has 3 heteroatoms. The third kappa shape index (κ3) is 3.08. The number of hydrogen-bond donors (Lipinski definition) is 1. The van der Waals surface area contributed by atoms with Crippen LogP contribution >= 0.6 is 15.9 Å². The van der Waals surface area contributed by atoms with E-state index < -0.39 is 0 Å². The van der Waals surface area contributed by atoms with E-state index in [1.165, 1.54) is 16.8 Å². The smallest absolute Gasteiger partial charge is 0.124 e. The number of para-hydroxylation sites is 1. The lowest BCUT2D eigenvalue weighted by atomic mass is 9.97. The van der Waals surface area contributed by atoms with Gasteiger partial charge in [-0.15, -0.1) is 0 Å². The average molecular weight is 346 g/mol. The van der Waals surface area contributed by atoms with Crippen molar-refractivity contribution in [3.63, 3.8) is 0 Å². The van der Waals surface area contributed by atoms with E-state index in [4.69, 9.17) is 4.74 Å². The molecule has 0 saturated carbocycles. The molecular weight excluding hydrogens is 326 g/mol. The first-order valence-corrected chi connectivity index (χ1v) is 8.22. The summed E-state index contributed by atoms with van der Waals surface area (Å²) in [6, 6.07) is 15.1. The van der Waals surface area contributed by atoms with Crippen molar-refractivity contribution >= 4 is 21.6 Å². The van der Waals surface area contributed by atoms with Crippen molar-refractivity contribution in [1.29, 1.82) is 0 Å². The minimum Gasteiger partial charge on any atom is -0.493 e. The van der Waals surface area contributed by atoms with Crippen LogP contribution < -0.4 is 10.1 Å². The Bertz CT molecular complexity index is 639. The summed E-state index contributed by atoms with van der Waals surface area (Å²) in [5.41, 5.74) is 3.82. The highest BCUT2D eigenvalue weighted by Crippen LogP contribution is 2.37. The molecule has 0 amide bonds. The molecule has 1 heterocycles. The van der Waals surface area contributed by atoms with Crippen molar-refractivity contribution < 1.29 is 4.74 Å². The fourth-order valence-electron chi connectivity index (χ4n) is 2.83. The van der Waals surface area contributed by atoms with Crippen LogP contribution in [0.15, 0.2) is 46.9 Å². The van der Waals surface area contributed by atoms with Crippen molar-refractivity contribution in [2.24, 2.45) is 0 Å². The number of nitrogens with one attached hydrogen (secondary N) is 1. The van der Waals surface area contributed by atoms with E-state index in [2.05, 4.69) is 65.4 Å². The Hall–Kier alpha value is -1.48. The first-order valence-electron chi connectivity index (χ1n) is 7.43. The van der Waals surface area contributed by atoms with E-state index in [0.29, 0.717) is 12.0 Å². The molecule has 2 aromatic rings. The molecule has 1 atom stereocenters. The number of fused-ring (bicyclic) bond motifs is 1. The minimum atomic E-state index is 0.297. The summed E-state index contributed by atoms with van der Waals surface area (Å²) in [7, 11) is 0. The van der Waals surface area contributed by atoms with Gasteiger partial charge in [-0.25, -0.2) is 0 Å². The number of halogens is 1. The molecule has 0 aliphatic carbocycles. The van der Waals surface area contributed by atoms with E-state index in [9.17, 15) is 0 Å². The lowest BCUT2D eigenvalue weighted by Gasteiger charge is -2.29. The normalized spacial score (nSPS) is 17.2. The van der Waals surface area contributed by atoms with E-state index in [1.54, 1.807) is 0 Å². The molecule has 1 N–H and O–H groups in total. The van der Waals surface area contributed by atoms with Crippen molar-refractivity contribution in [2.45, 2.75) is 32.2 Å². The summed E-state index contributed by atoms with van der Waals surface area (Å²) in [5.74, 6) is 1.50. The van der Waals surface area contributed by atoms with E-state index in [1.807, 2.05) is 12.1 Å². The molecule has 3 rings (SSSR count). The van der Waals surface area contributed by atoms with Crippen LogP contribution in [-0.2, 0) is 0 Å². The molecule has 0 saturated heterocycles. The predicted molar refractivity (Wildman–Crippen MR) is 91.1 cm³/mol. The first kappa shape index (κ1) is 14.5. The highest BCUT2D eigenvalue weighted by atomic mass is 79.9. The van der Waals surface area contributed by atoms with Gasteiger partial charge in [0, 0.05) is 22.1 Å². The fourth-order valence-corrected chi connectivity index (χ4v) is 3.21. The molecular formula is C18H20BrNO. The number of rotatable bonds is 3. The average Bonchev–Trinajstić information content (AvgIpc) is 2.48. The van der Waals surface area contributed by atoms with E-state index in [0.717, 1.165) is 23.2 Å². The zero-order valence-electron chi connectivity index (χ0n) is 12.4. The first-order chi connectivity index (χ1) is 10.1. The van der Waals surface area contributed by atoms with Gasteiger partial charge in [-0.05, 0) is 35.7 Å². The number of anilines is 1. The maximum Gasteiger partial charge on any atom is 0.124 e. The van der Waals surface area contributed by atoms with Gasteiger partial charge in [0.25, 0.3) is 0 Å². The Morgan fingerprint density at radius 3 is 2.81 bits per heavy atom. The Morgan fingerprint density at radius 2 is 2.00 bits per heavy atom. The summed E-state index contributed by atoms with van der Waals surface area (Å²) in [6.45, 7) is 5.22. The molecule has 0 aromatic heterocycles. The van der Waals surface area contributed by atoms with E-state index in [-0.39, 0.29) is 0 Å². The van der Waals surface area contributed by atoms with Crippen LogP contribution in [0.3, 0.4) is 0 Å². The van der Waals surface area contributed by atoms with Gasteiger partial charge in [-0.3, -0.25) is 0 Å². The van der Waals surface area contributed by atoms with Crippen LogP contribution in [0, 0.1) is 0 Å². The Kier molecular flexibility index (Phi) is 4.20. The Morgan fingerprint density at radius 1 is 1.19 bits per heavy atom. The fraction of sp³-hybridized carbons (Fsp3) is 0.333. The largest absolute Gasteiger partial charge is 0.493 e. The molecule has 1 unspecified atom stereocenters. The van der Waals surface area contributed by atoms with Gasteiger partial charge < -0.3 is 10.1 Å². The Labute approximate surface area is 134 Å². The third-order valence-electron chi connectivity index (χ3n) is 3.92. The van der Waals surface area contributed by atoms with Crippen molar-refractivity contribution in [1.82, 2.24) is 0 Å². The number of benzene rings is 2. The molecule has 0 fully saturated rings. The maximum atomic E-state index is 5.76. The summed E-state index contributed by atoms with van der Waals surface area (Å²) in [4.78, 5) is 0. The van der Waals surface area contributed by atoms with E-state index >= 15 is 0 Å². The van der Waals surface area contributed by atoms with Crippen molar-refractivity contribution in [3.8, 4) is 5.75 Å². The third-order valence-corrected chi connectivity index (χ3v) is 4.42. The predicted octanol–water partition coefficient (Wildman–Crippen LogP) is 5.51. The molecule has 110 valence electrons. The summed E-state index contributed by atoms with van der Waals surface area (Å²) < 4.78 is 6.86. The molecule has 0 spiro atoms. The quantitative estimate of drug-likeness (QED) is 0.791. The maximum absolute atomic E-state index is 5.76. The van der Waals surface area contributed by atoms with Crippen LogP contribution in [-0.4, -0.2) is 6.61 Å². The lowest BCUT2D eigenvalue weighted by molar-refractivity contribution is 0.274. The highest BCUT2D eigenvalue weighted by Gasteiger charge is 2.22. The second-order valence-electron chi connectivity index (χ2n) is 5.76. The van der Waals surface area contributed by atoms with Crippen LogP contribution in [0.1, 0.15) is 43.4 Å². The van der Waals surface area contributed by atoms with Gasteiger partial charge in [0.15, 0.2) is 0 Å². The summed E-state index contributed by atoms with van der Waals surface area (Å²) in [6.07, 6.45) is 0.982. The van der Waals surface area contributed by atoms with Gasteiger partial charge in [0.2, 0.25) is 0 Å². The molecule has 2 nitrogen and oxygen atoms in total. The van der Waals surface area contributed by atoms with Crippen LogP contribution in [0.2, 0.25) is 0 Å². The van der Waals surface area contributed by atoms with Gasteiger partial charge in [0.1, 0.15) is 5.75 Å². The van der Waals surface area contributed by atoms with Crippen LogP contribution in [0.4, 0.5) is 5.69 Å². The number of hydrogen-bond acceptors (Lipinski definition) is 2. The summed E-state index contributed by atoms with van der Waals surface area (Å²) in [5, 5.41) is 3.71. The van der Waals surface area contributed by atoms with Gasteiger partial charge in [0.05, 0.1) is 12.6 Å². The van der Waals surface area contributed by atoms with Crippen molar-refractivity contribution in [3.05, 3.63) is 58.1 Å². The molecule has 1 aliphatic rings. The molecule has 0 radical (unpaired) electrons. The number of ether oxygens (including phenoxy) is 1. The zero-order valence-corrected chi connectivity index (χ0v) is 14.0. The Balaban J connectivity index is 1.92. The second kappa shape index (κ2) is 6.10. The van der Waals surface area contributed by atoms with Crippen LogP contribution in [0.25, 0.3) is 0 Å². The second-order valence-corrected chi connectivity index (χ2v) is 6.67. The SMILES string of the molecule is CC(C)c1ccccc1NC1CCOc2ccc(Br)cc21. The van der Waals surface area contributed by atoms with Crippen LogP contribution in [0.5, 0.6) is 5.75 Å². The molecule has 0 bridgehead atoms. The minimum absolute atomic E-state index is 0.297. The standard InChI is InChI=1S/C18H20BrNO/c1-12(2)14-5-3-4-6-16(14)20-17-9-10-21-18-8-7-13(19)11-15(17)18/h3-8,11-12,17,20H,9-10H2,1-2H3. The van der Waals surface area contributed by atoms with Gasteiger partial charge in [-0.2, -0.15) is 0 Å². The van der Waals surface area contributed by atoms with Gasteiger partial charge >= 0.3 is 0 Å². The van der Waals surface area contributed by atoms with Gasteiger partial charge in [-0.1, -0.05) is 48.0 Å². The lowest BCUT2D eigenvalue weighted by Crippen LogP contribution is -2.21. The monoisotopic (exact) mass is 345 g/mol.